The Hall–Kier alpha value is -3.54. The van der Waals surface area contributed by atoms with Gasteiger partial charge in [-0.05, 0) is 56.4 Å². The van der Waals surface area contributed by atoms with Crippen LogP contribution in [0.25, 0.3) is 22.6 Å². The topological polar surface area (TPSA) is 117 Å². The maximum absolute atomic E-state index is 12.7. The average molecular weight is 459 g/mol. The summed E-state index contributed by atoms with van der Waals surface area (Å²) < 4.78 is 11.2. The van der Waals surface area contributed by atoms with Crippen molar-refractivity contribution in [2.45, 2.75) is 50.3 Å². The summed E-state index contributed by atoms with van der Waals surface area (Å²) in [5.74, 6) is 0.404. The molecule has 2 aliphatic rings. The number of carbonyl (C=O) groups excluding carboxylic acids is 2. The number of hydrogen-bond donors (Lipinski definition) is 2. The van der Waals surface area contributed by atoms with Crippen molar-refractivity contribution in [3.63, 3.8) is 0 Å². The second-order valence-corrected chi connectivity index (χ2v) is 8.88. The van der Waals surface area contributed by atoms with Crippen LogP contribution in [0.2, 0.25) is 0 Å². The van der Waals surface area contributed by atoms with Crippen LogP contribution in [0.3, 0.4) is 0 Å². The van der Waals surface area contributed by atoms with Crippen LogP contribution < -0.4 is 10.6 Å². The molecule has 0 radical (unpaired) electrons. The van der Waals surface area contributed by atoms with Crippen molar-refractivity contribution in [2.24, 2.45) is 0 Å². The largest absolute Gasteiger partial charge is 0.436 e. The number of fused-ring (bicyclic) bond motifs is 1. The molecule has 1 saturated carbocycles. The molecule has 1 amide bonds. The third-order valence-corrected chi connectivity index (χ3v) is 6.55. The number of benzene rings is 2. The maximum atomic E-state index is 12.7. The molecule has 3 aromatic rings. The van der Waals surface area contributed by atoms with E-state index in [1.165, 1.54) is 0 Å². The van der Waals surface area contributed by atoms with Gasteiger partial charge in [-0.15, -0.1) is 0 Å². The lowest BCUT2D eigenvalue weighted by atomic mass is 10.1. The zero-order valence-electron chi connectivity index (χ0n) is 18.8. The van der Waals surface area contributed by atoms with E-state index in [2.05, 4.69) is 21.7 Å². The first-order valence-corrected chi connectivity index (χ1v) is 11.7. The van der Waals surface area contributed by atoms with Gasteiger partial charge in [-0.1, -0.05) is 18.2 Å². The fourth-order valence-corrected chi connectivity index (χ4v) is 4.68. The Balaban J connectivity index is 1.14. The first kappa shape index (κ1) is 22.3. The number of nitriles is 1. The third kappa shape index (κ3) is 4.72. The Labute approximate surface area is 197 Å². The number of nitrogens with one attached hydrogen (secondary N) is 2. The summed E-state index contributed by atoms with van der Waals surface area (Å²) in [5, 5.41) is 15.7. The van der Waals surface area contributed by atoms with Crippen LogP contribution in [0.4, 0.5) is 0 Å². The highest BCUT2D eigenvalue weighted by Gasteiger charge is 2.30. The molecule has 2 aromatic carbocycles. The number of carbonyl (C=O) groups is 2. The predicted octanol–water partition coefficient (Wildman–Crippen LogP) is 3.36. The van der Waals surface area contributed by atoms with Crippen LogP contribution in [0, 0.1) is 11.3 Å². The molecule has 0 unspecified atom stereocenters. The third-order valence-electron chi connectivity index (χ3n) is 6.55. The lowest BCUT2D eigenvalue weighted by Gasteiger charge is -2.16. The second kappa shape index (κ2) is 9.75. The molecule has 34 heavy (non-hydrogen) atoms. The molecule has 1 aliphatic carbocycles. The van der Waals surface area contributed by atoms with Crippen LogP contribution in [-0.4, -0.2) is 48.0 Å². The molecule has 0 spiro atoms. The number of aromatic nitrogens is 1. The highest BCUT2D eigenvalue weighted by Crippen LogP contribution is 2.26. The first-order valence-electron chi connectivity index (χ1n) is 11.7. The van der Waals surface area contributed by atoms with Crippen LogP contribution in [0.15, 0.2) is 46.9 Å². The van der Waals surface area contributed by atoms with Crippen molar-refractivity contribution >= 4 is 22.8 Å². The number of oxazole rings is 1. The Kier molecular flexibility index (Phi) is 6.39. The van der Waals surface area contributed by atoms with Crippen molar-refractivity contribution in [1.82, 2.24) is 15.6 Å². The van der Waals surface area contributed by atoms with E-state index >= 15 is 0 Å². The Morgan fingerprint density at radius 2 is 1.91 bits per heavy atom. The van der Waals surface area contributed by atoms with E-state index in [1.54, 1.807) is 42.5 Å². The molecular weight excluding hydrogens is 432 g/mol. The molecule has 1 aliphatic heterocycles. The van der Waals surface area contributed by atoms with E-state index in [0.29, 0.717) is 34.7 Å². The quantitative estimate of drug-likeness (QED) is 0.521. The van der Waals surface area contributed by atoms with Gasteiger partial charge in [-0.3, -0.25) is 9.59 Å². The molecule has 0 bridgehead atoms. The molecule has 2 N–H and O–H groups in total. The van der Waals surface area contributed by atoms with Gasteiger partial charge in [0.1, 0.15) is 17.7 Å². The number of ether oxygens (including phenoxy) is 1. The summed E-state index contributed by atoms with van der Waals surface area (Å²) in [4.78, 5) is 29.4. The molecule has 1 aromatic heterocycles. The van der Waals surface area contributed by atoms with Crippen molar-refractivity contribution < 1.29 is 18.7 Å². The van der Waals surface area contributed by atoms with Gasteiger partial charge in [-0.25, -0.2) is 4.98 Å². The number of hydrogen-bond acceptors (Lipinski definition) is 7. The lowest BCUT2D eigenvalue weighted by molar-refractivity contribution is -0.130. The summed E-state index contributed by atoms with van der Waals surface area (Å²) in [6, 6.07) is 14.8. The molecule has 174 valence electrons. The lowest BCUT2D eigenvalue weighted by Crippen LogP contribution is -2.41. The normalized spacial score (nSPS) is 22.0. The van der Waals surface area contributed by atoms with Gasteiger partial charge in [0.25, 0.3) is 0 Å². The maximum Gasteiger partial charge on any atom is 0.249 e. The summed E-state index contributed by atoms with van der Waals surface area (Å²) in [7, 11) is 0. The minimum Gasteiger partial charge on any atom is -0.436 e. The van der Waals surface area contributed by atoms with Crippen LogP contribution in [0.5, 0.6) is 0 Å². The van der Waals surface area contributed by atoms with E-state index < -0.39 is 0 Å². The van der Waals surface area contributed by atoms with Crippen molar-refractivity contribution in [2.75, 3.05) is 13.2 Å². The predicted molar refractivity (Wildman–Crippen MR) is 125 cm³/mol. The van der Waals surface area contributed by atoms with Gasteiger partial charge in [0.15, 0.2) is 11.4 Å². The highest BCUT2D eigenvalue weighted by molar-refractivity contribution is 5.98. The Morgan fingerprint density at radius 1 is 1.09 bits per heavy atom. The molecule has 5 rings (SSSR count). The Bertz CT molecular complexity index is 1240. The van der Waals surface area contributed by atoms with E-state index in [-0.39, 0.29) is 36.4 Å². The summed E-state index contributed by atoms with van der Waals surface area (Å²) in [6.07, 6.45) is 4.06. The van der Waals surface area contributed by atoms with Crippen LogP contribution >= 0.6 is 0 Å². The molecule has 1 saturated heterocycles. The highest BCUT2D eigenvalue weighted by atomic mass is 16.5. The van der Waals surface area contributed by atoms with E-state index in [4.69, 9.17) is 9.15 Å². The SMILES string of the molecule is N#Cc1cccc2oc(-c3ccc(C(=O)CN[C@@H]4CC[C@H](NC(=O)[C@@H]5CCCO5)C4)cc3)nc12. The summed E-state index contributed by atoms with van der Waals surface area (Å²) >= 11 is 0. The zero-order chi connectivity index (χ0) is 23.5. The van der Waals surface area contributed by atoms with Gasteiger partial charge >= 0.3 is 0 Å². The Morgan fingerprint density at radius 3 is 2.68 bits per heavy atom. The summed E-state index contributed by atoms with van der Waals surface area (Å²) in [5.41, 5.74) is 2.90. The first-order chi connectivity index (χ1) is 16.6. The minimum absolute atomic E-state index is 0.00252. The van der Waals surface area contributed by atoms with Crippen molar-refractivity contribution in [3.05, 3.63) is 53.6 Å². The fraction of sp³-hybridized carbons (Fsp3) is 0.385. The fourth-order valence-electron chi connectivity index (χ4n) is 4.68. The molecule has 2 heterocycles. The smallest absolute Gasteiger partial charge is 0.249 e. The average Bonchev–Trinajstić information content (AvgIpc) is 3.63. The monoisotopic (exact) mass is 458 g/mol. The van der Waals surface area contributed by atoms with E-state index in [1.807, 2.05) is 0 Å². The number of para-hydroxylation sites is 1. The number of amides is 1. The van der Waals surface area contributed by atoms with E-state index in [0.717, 1.165) is 37.7 Å². The number of rotatable bonds is 7. The molecule has 8 heteroatoms. The number of Topliss-reactive ketones (excluding diaryl/α,β-unsaturated/α-hetero) is 1. The van der Waals surface area contributed by atoms with Crippen LogP contribution in [-0.2, 0) is 9.53 Å². The van der Waals surface area contributed by atoms with E-state index in [9.17, 15) is 14.9 Å². The van der Waals surface area contributed by atoms with Crippen molar-refractivity contribution in [3.8, 4) is 17.5 Å². The molecule has 3 atom stereocenters. The van der Waals surface area contributed by atoms with Gasteiger partial charge in [0, 0.05) is 29.8 Å². The van der Waals surface area contributed by atoms with Gasteiger partial charge < -0.3 is 19.8 Å². The number of nitrogens with zero attached hydrogens (tertiary/aromatic N) is 2. The number of ketones is 1. The van der Waals surface area contributed by atoms with Gasteiger partial charge in [-0.2, -0.15) is 5.26 Å². The molecular formula is C26H26N4O4. The van der Waals surface area contributed by atoms with Gasteiger partial charge in [0.2, 0.25) is 11.8 Å². The molecule has 8 nitrogen and oxygen atoms in total. The molecule has 2 fully saturated rings. The summed E-state index contributed by atoms with van der Waals surface area (Å²) in [6.45, 7) is 0.901. The van der Waals surface area contributed by atoms with Crippen molar-refractivity contribution in [1.29, 1.82) is 5.26 Å². The zero-order valence-corrected chi connectivity index (χ0v) is 18.8. The van der Waals surface area contributed by atoms with Crippen LogP contribution in [0.1, 0.15) is 48.0 Å². The minimum atomic E-state index is -0.306. The standard InChI is InChI=1S/C26H26N4O4/c27-14-18-3-1-4-22-24(18)30-26(34-22)17-8-6-16(7-9-17)21(31)15-28-19-10-11-20(13-19)29-25(32)23-5-2-12-33-23/h1,3-4,6-9,19-20,23,28H,2,5,10-13,15H2,(H,29,32)/t19-,20+,23+/m1/s1. The second-order valence-electron chi connectivity index (χ2n) is 8.88. The van der Waals surface area contributed by atoms with Gasteiger partial charge in [0.05, 0.1) is 12.1 Å².